The Kier molecular flexibility index (Phi) is 5.81. The van der Waals surface area contributed by atoms with Crippen LogP contribution < -0.4 is 0 Å². The molecule has 0 aromatic carbocycles. The summed E-state index contributed by atoms with van der Waals surface area (Å²) in [5.41, 5.74) is 3.16. The third-order valence-corrected chi connectivity index (χ3v) is 1.98. The van der Waals surface area contributed by atoms with Crippen LogP contribution in [-0.4, -0.2) is 33.6 Å². The van der Waals surface area contributed by atoms with Gasteiger partial charge in [0.05, 0.1) is 6.54 Å². The van der Waals surface area contributed by atoms with Crippen LogP contribution in [0.25, 0.3) is 0 Å². The van der Waals surface area contributed by atoms with Gasteiger partial charge in [0.2, 0.25) is 0 Å². The molecule has 74 valence electrons. The molecule has 0 fully saturated rings. The Morgan fingerprint density at radius 2 is 1.50 bits per heavy atom. The van der Waals surface area contributed by atoms with Crippen LogP contribution in [0.2, 0.25) is 19.6 Å². The summed E-state index contributed by atoms with van der Waals surface area (Å²) in [5.74, 6) is 14.0. The van der Waals surface area contributed by atoms with Crippen molar-refractivity contribution in [2.45, 2.75) is 19.6 Å². The Bertz CT molecular complexity index is 341. The second-order valence-electron chi connectivity index (χ2n) is 4.29. The molecule has 0 rings (SSSR count). The fourth-order valence-electron chi connectivity index (χ4n) is 0.523. The maximum atomic E-state index is 3.16. The second-order valence-corrected chi connectivity index (χ2v) is 9.04. The summed E-state index contributed by atoms with van der Waals surface area (Å²) in [6, 6.07) is 0. The van der Waals surface area contributed by atoms with Crippen LogP contribution in [-0.2, 0) is 0 Å². The highest BCUT2D eigenvalue weighted by Crippen LogP contribution is 1.95. The molecular formula is C12H17NSi. The molecule has 0 aliphatic carbocycles. The lowest BCUT2D eigenvalue weighted by molar-refractivity contribution is 0.464. The lowest BCUT2D eigenvalue weighted by Crippen LogP contribution is -2.16. The molecule has 0 amide bonds. The van der Waals surface area contributed by atoms with Gasteiger partial charge in [-0.15, -0.1) is 5.54 Å². The van der Waals surface area contributed by atoms with Crippen LogP contribution in [0, 0.1) is 35.1 Å². The molecule has 0 spiro atoms. The highest BCUT2D eigenvalue weighted by Gasteiger charge is 2.06. The maximum Gasteiger partial charge on any atom is 0.130 e. The SMILES string of the molecule is CN(C)CC#CC#CC#C[Si](C)(C)C. The van der Waals surface area contributed by atoms with Gasteiger partial charge in [-0.2, -0.15) is 0 Å². The summed E-state index contributed by atoms with van der Waals surface area (Å²) in [6.45, 7) is 7.33. The fraction of sp³-hybridized carbons (Fsp3) is 0.500. The van der Waals surface area contributed by atoms with Crippen molar-refractivity contribution >= 4 is 8.07 Å². The summed E-state index contributed by atoms with van der Waals surface area (Å²) >= 11 is 0. The fourth-order valence-corrected chi connectivity index (χ4v) is 0.961. The minimum atomic E-state index is -1.26. The number of rotatable bonds is 1. The molecule has 0 radical (unpaired) electrons. The van der Waals surface area contributed by atoms with Gasteiger partial charge in [0.15, 0.2) is 0 Å². The molecule has 2 heteroatoms. The Balaban J connectivity index is 4.04. The van der Waals surface area contributed by atoms with Crippen LogP contribution in [0.5, 0.6) is 0 Å². The van der Waals surface area contributed by atoms with Crippen molar-refractivity contribution in [1.29, 1.82) is 0 Å². The van der Waals surface area contributed by atoms with Gasteiger partial charge in [0, 0.05) is 0 Å². The van der Waals surface area contributed by atoms with Gasteiger partial charge in [-0.05, 0) is 37.8 Å². The summed E-state index contributed by atoms with van der Waals surface area (Å²) in [5, 5.41) is 0. The molecule has 0 bridgehead atoms. The van der Waals surface area contributed by atoms with E-state index in [0.717, 1.165) is 6.54 Å². The van der Waals surface area contributed by atoms with Crippen molar-refractivity contribution in [2.75, 3.05) is 20.6 Å². The molecule has 0 saturated carbocycles. The van der Waals surface area contributed by atoms with Crippen molar-refractivity contribution in [2.24, 2.45) is 0 Å². The molecule has 0 aromatic rings. The third-order valence-electron chi connectivity index (χ3n) is 1.11. The van der Waals surface area contributed by atoms with E-state index in [0.29, 0.717) is 0 Å². The van der Waals surface area contributed by atoms with Gasteiger partial charge in [-0.25, -0.2) is 0 Å². The molecule has 0 N–H and O–H groups in total. The Labute approximate surface area is 88.9 Å². The molecule has 0 aliphatic rings. The number of nitrogens with zero attached hydrogens (tertiary/aromatic N) is 1. The minimum absolute atomic E-state index is 0.746. The predicted molar refractivity (Wildman–Crippen MR) is 65.2 cm³/mol. The van der Waals surface area contributed by atoms with Crippen molar-refractivity contribution in [1.82, 2.24) is 4.90 Å². The van der Waals surface area contributed by atoms with Crippen molar-refractivity contribution in [3.63, 3.8) is 0 Å². The highest BCUT2D eigenvalue weighted by atomic mass is 28.3. The molecule has 0 aliphatic heterocycles. The molecule has 0 unspecified atom stereocenters. The van der Waals surface area contributed by atoms with Crippen molar-refractivity contribution < 1.29 is 0 Å². The van der Waals surface area contributed by atoms with Gasteiger partial charge in [0.1, 0.15) is 8.07 Å². The predicted octanol–water partition coefficient (Wildman–Crippen LogP) is 1.44. The van der Waals surface area contributed by atoms with E-state index in [9.17, 15) is 0 Å². The normalized spacial score (nSPS) is 9.00. The first-order chi connectivity index (χ1) is 6.42. The first-order valence-electron chi connectivity index (χ1n) is 4.56. The first kappa shape index (κ1) is 12.9. The molecule has 0 atom stereocenters. The average molecular weight is 203 g/mol. The molecule has 0 saturated heterocycles. The zero-order chi connectivity index (χ0) is 11.0. The largest absolute Gasteiger partial charge is 0.298 e. The van der Waals surface area contributed by atoms with Crippen LogP contribution >= 0.6 is 0 Å². The average Bonchev–Trinajstić information content (AvgIpc) is 2.00. The van der Waals surface area contributed by atoms with Crippen LogP contribution in [0.4, 0.5) is 0 Å². The zero-order valence-corrected chi connectivity index (χ0v) is 10.7. The molecule has 0 aromatic heterocycles. The van der Waals surface area contributed by atoms with E-state index in [1.165, 1.54) is 0 Å². The standard InChI is InChI=1S/C12H17NSi/c1-13(2)11-9-7-6-8-10-12-14(3,4)5/h11H2,1-5H3. The summed E-state index contributed by atoms with van der Waals surface area (Å²) in [7, 11) is 2.69. The summed E-state index contributed by atoms with van der Waals surface area (Å²) in [4.78, 5) is 2.00. The third kappa shape index (κ3) is 10.9. The van der Waals surface area contributed by atoms with Crippen LogP contribution in [0.15, 0.2) is 0 Å². The quantitative estimate of drug-likeness (QED) is 0.460. The van der Waals surface area contributed by atoms with E-state index in [-0.39, 0.29) is 0 Å². The van der Waals surface area contributed by atoms with Gasteiger partial charge >= 0.3 is 0 Å². The maximum absolute atomic E-state index is 3.16. The molecule has 1 nitrogen and oxygen atoms in total. The Morgan fingerprint density at radius 1 is 0.929 bits per heavy atom. The molecular weight excluding hydrogens is 186 g/mol. The van der Waals surface area contributed by atoms with Crippen LogP contribution in [0.3, 0.4) is 0 Å². The number of hydrogen-bond donors (Lipinski definition) is 0. The monoisotopic (exact) mass is 203 g/mol. The van der Waals surface area contributed by atoms with Gasteiger partial charge in [-0.1, -0.05) is 25.6 Å². The van der Waals surface area contributed by atoms with E-state index >= 15 is 0 Å². The smallest absolute Gasteiger partial charge is 0.130 e. The van der Waals surface area contributed by atoms with Gasteiger partial charge in [-0.3, -0.25) is 4.90 Å². The van der Waals surface area contributed by atoms with Crippen LogP contribution in [0.1, 0.15) is 0 Å². The minimum Gasteiger partial charge on any atom is -0.298 e. The zero-order valence-electron chi connectivity index (χ0n) is 9.65. The Morgan fingerprint density at radius 3 is 2.00 bits per heavy atom. The van der Waals surface area contributed by atoms with E-state index in [2.05, 4.69) is 54.8 Å². The van der Waals surface area contributed by atoms with E-state index < -0.39 is 8.07 Å². The summed E-state index contributed by atoms with van der Waals surface area (Å²) < 4.78 is 0. The van der Waals surface area contributed by atoms with E-state index in [1.807, 2.05) is 19.0 Å². The van der Waals surface area contributed by atoms with E-state index in [1.54, 1.807) is 0 Å². The lowest BCUT2D eigenvalue weighted by atomic mass is 10.5. The van der Waals surface area contributed by atoms with E-state index in [4.69, 9.17) is 0 Å². The Hall–Kier alpha value is -1.14. The first-order valence-corrected chi connectivity index (χ1v) is 8.06. The molecule has 14 heavy (non-hydrogen) atoms. The van der Waals surface area contributed by atoms with Crippen molar-refractivity contribution in [3.8, 4) is 35.1 Å². The topological polar surface area (TPSA) is 3.24 Å². The lowest BCUT2D eigenvalue weighted by Gasteiger charge is -2.01. The molecule has 0 heterocycles. The summed E-state index contributed by atoms with van der Waals surface area (Å²) in [6.07, 6.45) is 0. The highest BCUT2D eigenvalue weighted by molar-refractivity contribution is 6.83. The number of hydrogen-bond acceptors (Lipinski definition) is 1. The van der Waals surface area contributed by atoms with Gasteiger partial charge in [0.25, 0.3) is 0 Å². The van der Waals surface area contributed by atoms with Gasteiger partial charge < -0.3 is 0 Å². The second kappa shape index (κ2) is 6.33. The van der Waals surface area contributed by atoms with Crippen molar-refractivity contribution in [3.05, 3.63) is 0 Å².